The fraction of sp³-hybridized carbons (Fsp3) is 0.130. The summed E-state index contributed by atoms with van der Waals surface area (Å²) in [5.41, 5.74) is 7.08. The van der Waals surface area contributed by atoms with Gasteiger partial charge >= 0.3 is 0 Å². The minimum atomic E-state index is -3.56. The van der Waals surface area contributed by atoms with Crippen LogP contribution in [-0.4, -0.2) is 40.2 Å². The predicted molar refractivity (Wildman–Crippen MR) is 132 cm³/mol. The molecule has 0 aliphatic carbocycles. The molecule has 0 aliphatic rings. The van der Waals surface area contributed by atoms with E-state index in [0.29, 0.717) is 16.9 Å². The van der Waals surface area contributed by atoms with Crippen LogP contribution >= 0.6 is 0 Å². The summed E-state index contributed by atoms with van der Waals surface area (Å²) in [7, 11) is -3.56. The standard InChI is InChI=1S/C23H22FN7O4S/c1-2-36(33,34)31-16-6-7-17(18(11-16)35-13-14-4-3-5-15(24)10-14)21-20(22(25)32)23(30-29-21)28-19-12-26-8-9-27-19/h3-12,31H,2,13H2,1H3,(H2,25,32)(H2,27,28,29,30). The molecule has 0 saturated carbocycles. The summed E-state index contributed by atoms with van der Waals surface area (Å²) < 4.78 is 46.2. The van der Waals surface area contributed by atoms with Gasteiger partial charge in [0.25, 0.3) is 5.91 Å². The second-order valence-corrected chi connectivity index (χ2v) is 9.55. The predicted octanol–water partition coefficient (Wildman–Crippen LogP) is 3.19. The van der Waals surface area contributed by atoms with E-state index >= 15 is 0 Å². The van der Waals surface area contributed by atoms with Crippen molar-refractivity contribution >= 4 is 33.3 Å². The van der Waals surface area contributed by atoms with Gasteiger partial charge in [-0.15, -0.1) is 0 Å². The summed E-state index contributed by atoms with van der Waals surface area (Å²) in [6, 6.07) is 10.4. The number of halogens is 1. The van der Waals surface area contributed by atoms with Crippen LogP contribution in [0.4, 0.5) is 21.7 Å². The summed E-state index contributed by atoms with van der Waals surface area (Å²) >= 11 is 0. The van der Waals surface area contributed by atoms with Gasteiger partial charge in [-0.05, 0) is 36.8 Å². The highest BCUT2D eigenvalue weighted by molar-refractivity contribution is 7.92. The fourth-order valence-electron chi connectivity index (χ4n) is 3.30. The van der Waals surface area contributed by atoms with Crippen LogP contribution in [0.1, 0.15) is 22.8 Å². The smallest absolute Gasteiger partial charge is 0.254 e. The van der Waals surface area contributed by atoms with E-state index in [0.717, 1.165) is 0 Å². The molecule has 4 aromatic rings. The fourth-order valence-corrected chi connectivity index (χ4v) is 3.93. The zero-order chi connectivity index (χ0) is 25.7. The summed E-state index contributed by atoms with van der Waals surface area (Å²) in [4.78, 5) is 20.5. The Morgan fingerprint density at radius 3 is 2.72 bits per heavy atom. The van der Waals surface area contributed by atoms with Crippen LogP contribution in [-0.2, 0) is 16.6 Å². The highest BCUT2D eigenvalue weighted by Crippen LogP contribution is 2.36. The minimum absolute atomic E-state index is 0.0261. The van der Waals surface area contributed by atoms with Gasteiger partial charge in [0, 0.05) is 24.0 Å². The first kappa shape index (κ1) is 24.6. The average molecular weight is 512 g/mol. The van der Waals surface area contributed by atoms with Gasteiger partial charge in [0.1, 0.15) is 29.6 Å². The van der Waals surface area contributed by atoms with Crippen LogP contribution in [0.15, 0.2) is 61.1 Å². The Bertz CT molecular complexity index is 1490. The Balaban J connectivity index is 1.75. The number of nitrogens with one attached hydrogen (secondary N) is 3. The van der Waals surface area contributed by atoms with Crippen LogP contribution in [0.5, 0.6) is 5.75 Å². The van der Waals surface area contributed by atoms with E-state index in [1.165, 1.54) is 49.8 Å². The third kappa shape index (κ3) is 5.75. The van der Waals surface area contributed by atoms with Gasteiger partial charge in [0.15, 0.2) is 5.82 Å². The Hall–Kier alpha value is -4.52. The van der Waals surface area contributed by atoms with Crippen molar-refractivity contribution in [3.63, 3.8) is 0 Å². The second kappa shape index (κ2) is 10.4. The quantitative estimate of drug-likeness (QED) is 0.252. The highest BCUT2D eigenvalue weighted by Gasteiger charge is 2.23. The number of hydrogen-bond acceptors (Lipinski definition) is 8. The first-order chi connectivity index (χ1) is 17.3. The highest BCUT2D eigenvalue weighted by atomic mass is 32.2. The number of sulfonamides is 1. The third-order valence-electron chi connectivity index (χ3n) is 5.01. The van der Waals surface area contributed by atoms with Crippen LogP contribution in [0.25, 0.3) is 11.3 Å². The SMILES string of the molecule is CCS(=O)(=O)Nc1ccc(-c2[nH]nc(Nc3cnccn3)c2C(N)=O)c(OCc2cccc(F)c2)c1. The molecule has 0 saturated heterocycles. The Morgan fingerprint density at radius 1 is 1.19 bits per heavy atom. The Morgan fingerprint density at radius 2 is 2.03 bits per heavy atom. The first-order valence-electron chi connectivity index (χ1n) is 10.7. The molecule has 4 rings (SSSR count). The maximum atomic E-state index is 13.6. The van der Waals surface area contributed by atoms with Crippen LogP contribution in [0, 0.1) is 5.82 Å². The van der Waals surface area contributed by atoms with Gasteiger partial charge in [-0.25, -0.2) is 17.8 Å². The molecular formula is C23H22FN7O4S. The Labute approximate surface area is 206 Å². The molecule has 2 aromatic heterocycles. The molecule has 36 heavy (non-hydrogen) atoms. The van der Waals surface area contributed by atoms with Crippen LogP contribution in [0.3, 0.4) is 0 Å². The molecule has 1 amide bonds. The number of aromatic nitrogens is 4. The van der Waals surface area contributed by atoms with E-state index in [4.69, 9.17) is 10.5 Å². The Kier molecular flexibility index (Phi) is 7.10. The molecule has 186 valence electrons. The number of hydrogen-bond donors (Lipinski definition) is 4. The van der Waals surface area contributed by atoms with Crippen molar-refractivity contribution in [2.75, 3.05) is 15.8 Å². The van der Waals surface area contributed by atoms with Crippen molar-refractivity contribution in [3.8, 4) is 17.0 Å². The van der Waals surface area contributed by atoms with Crippen molar-refractivity contribution in [1.82, 2.24) is 20.2 Å². The molecule has 5 N–H and O–H groups in total. The molecule has 0 atom stereocenters. The van der Waals surface area contributed by atoms with E-state index in [9.17, 15) is 17.6 Å². The average Bonchev–Trinajstić information content (AvgIpc) is 3.27. The normalized spacial score (nSPS) is 11.2. The first-order valence-corrected chi connectivity index (χ1v) is 12.3. The van der Waals surface area contributed by atoms with E-state index in [-0.39, 0.29) is 40.9 Å². The molecule has 11 nitrogen and oxygen atoms in total. The number of H-pyrrole nitrogens is 1. The summed E-state index contributed by atoms with van der Waals surface area (Å²) in [6.45, 7) is 1.48. The lowest BCUT2D eigenvalue weighted by atomic mass is 10.1. The lowest BCUT2D eigenvalue weighted by Crippen LogP contribution is -2.15. The molecule has 13 heteroatoms. The molecule has 0 radical (unpaired) electrons. The zero-order valence-corrected chi connectivity index (χ0v) is 19.8. The molecule has 2 heterocycles. The number of anilines is 3. The number of carbonyl (C=O) groups is 1. The molecule has 2 aromatic carbocycles. The van der Waals surface area contributed by atoms with Crippen molar-refractivity contribution < 1.29 is 22.3 Å². The maximum Gasteiger partial charge on any atom is 0.254 e. The topological polar surface area (TPSA) is 165 Å². The number of carbonyl (C=O) groups excluding carboxylic acids is 1. The van der Waals surface area contributed by atoms with Gasteiger partial charge in [-0.1, -0.05) is 12.1 Å². The second-order valence-electron chi connectivity index (χ2n) is 7.54. The van der Waals surface area contributed by atoms with E-state index in [1.54, 1.807) is 18.2 Å². The molecule has 0 unspecified atom stereocenters. The van der Waals surface area contributed by atoms with Gasteiger partial charge in [-0.2, -0.15) is 5.10 Å². The number of aromatic amines is 1. The molecule has 0 fully saturated rings. The number of nitrogens with zero attached hydrogens (tertiary/aromatic N) is 3. The largest absolute Gasteiger partial charge is 0.488 e. The van der Waals surface area contributed by atoms with Gasteiger partial charge in [0.05, 0.1) is 23.3 Å². The number of ether oxygens (including phenoxy) is 1. The molecule has 0 bridgehead atoms. The number of benzene rings is 2. The number of primary amides is 1. The lowest BCUT2D eigenvalue weighted by molar-refractivity contribution is 0.100. The van der Waals surface area contributed by atoms with E-state index in [2.05, 4.69) is 30.2 Å². The zero-order valence-electron chi connectivity index (χ0n) is 19.0. The van der Waals surface area contributed by atoms with Crippen molar-refractivity contribution in [2.45, 2.75) is 13.5 Å². The monoisotopic (exact) mass is 511 g/mol. The lowest BCUT2D eigenvalue weighted by Gasteiger charge is -2.14. The molecule has 0 spiro atoms. The van der Waals surface area contributed by atoms with Crippen molar-refractivity contribution in [3.05, 3.63) is 78.0 Å². The number of amides is 1. The van der Waals surface area contributed by atoms with Gasteiger partial charge in [0.2, 0.25) is 10.0 Å². The molecular weight excluding hydrogens is 489 g/mol. The number of nitrogens with two attached hydrogens (primary N) is 1. The van der Waals surface area contributed by atoms with E-state index in [1.807, 2.05) is 0 Å². The van der Waals surface area contributed by atoms with Crippen LogP contribution < -0.4 is 20.5 Å². The van der Waals surface area contributed by atoms with Crippen LogP contribution in [0.2, 0.25) is 0 Å². The maximum absolute atomic E-state index is 13.6. The van der Waals surface area contributed by atoms with Gasteiger partial charge in [-0.3, -0.25) is 19.6 Å². The van der Waals surface area contributed by atoms with Crippen molar-refractivity contribution in [1.29, 1.82) is 0 Å². The van der Waals surface area contributed by atoms with Crippen molar-refractivity contribution in [2.24, 2.45) is 5.73 Å². The van der Waals surface area contributed by atoms with Gasteiger partial charge < -0.3 is 15.8 Å². The summed E-state index contributed by atoms with van der Waals surface area (Å²) in [6.07, 6.45) is 4.41. The summed E-state index contributed by atoms with van der Waals surface area (Å²) in [5.74, 6) is -0.678. The summed E-state index contributed by atoms with van der Waals surface area (Å²) in [5, 5.41) is 9.82. The number of rotatable bonds is 10. The minimum Gasteiger partial charge on any atom is -0.488 e. The van der Waals surface area contributed by atoms with E-state index < -0.39 is 21.7 Å². The molecule has 0 aliphatic heterocycles. The third-order valence-corrected chi connectivity index (χ3v) is 6.32.